The molecule has 1 aliphatic heterocycles. The van der Waals surface area contributed by atoms with Crippen LogP contribution in [0.4, 0.5) is 0 Å². The average Bonchev–Trinajstić information content (AvgIpc) is 2.93. The quantitative estimate of drug-likeness (QED) is 0.480. The van der Waals surface area contributed by atoms with E-state index in [1.54, 1.807) is 19.9 Å². The van der Waals surface area contributed by atoms with E-state index in [1.807, 2.05) is 0 Å². The van der Waals surface area contributed by atoms with Crippen LogP contribution in [0.15, 0.2) is 23.0 Å². The number of ether oxygens (including phenoxy) is 2. The summed E-state index contributed by atoms with van der Waals surface area (Å²) in [5.41, 5.74) is -0.564. The highest BCUT2D eigenvalue weighted by Gasteiger charge is 2.50. The van der Waals surface area contributed by atoms with Gasteiger partial charge in [0.25, 0.3) is 10.1 Å². The van der Waals surface area contributed by atoms with E-state index in [9.17, 15) is 28.3 Å². The second-order valence-corrected chi connectivity index (χ2v) is 7.54. The van der Waals surface area contributed by atoms with E-state index < -0.39 is 40.2 Å². The zero-order chi connectivity index (χ0) is 19.9. The third-order valence-corrected chi connectivity index (χ3v) is 5.13. The molecule has 3 heterocycles. The molecule has 0 bridgehead atoms. The van der Waals surface area contributed by atoms with Gasteiger partial charge in [-0.2, -0.15) is 8.42 Å². The van der Waals surface area contributed by atoms with Crippen molar-refractivity contribution in [3.05, 3.63) is 29.9 Å². The summed E-state index contributed by atoms with van der Waals surface area (Å²) in [6.45, 7) is 3.39. The predicted molar refractivity (Wildman–Crippen MR) is 88.1 cm³/mol. The van der Waals surface area contributed by atoms with Crippen molar-refractivity contribution < 1.29 is 42.3 Å². The van der Waals surface area contributed by atoms with Crippen LogP contribution in [0.5, 0.6) is 5.75 Å². The van der Waals surface area contributed by atoms with Crippen molar-refractivity contribution in [3.63, 3.8) is 0 Å². The Morgan fingerprint density at radius 2 is 1.85 bits per heavy atom. The summed E-state index contributed by atoms with van der Waals surface area (Å²) in [5.74, 6) is 0.563. The van der Waals surface area contributed by atoms with E-state index in [1.165, 1.54) is 12.4 Å². The highest BCUT2D eigenvalue weighted by atomic mass is 32.2. The summed E-state index contributed by atoms with van der Waals surface area (Å²) < 4.78 is 47.6. The molecule has 1 aliphatic rings. The average molecular weight is 402 g/mol. The molecule has 3 rings (SSSR count). The van der Waals surface area contributed by atoms with Gasteiger partial charge in [-0.1, -0.05) is 5.16 Å². The lowest BCUT2D eigenvalue weighted by atomic mass is 10.0. The largest absolute Gasteiger partial charge is 0.460 e. The molecule has 4 N–H and O–H groups in total. The smallest absolute Gasteiger partial charge is 0.295 e. The summed E-state index contributed by atoms with van der Waals surface area (Å²) in [4.78, 5) is 3.91. The Hall–Kier alpha value is -2.09. The molecule has 2 aromatic heterocycles. The summed E-state index contributed by atoms with van der Waals surface area (Å²) in [7, 11) is -4.89. The Morgan fingerprint density at radius 3 is 2.44 bits per heavy atom. The van der Waals surface area contributed by atoms with Crippen LogP contribution in [0.1, 0.15) is 11.5 Å². The Labute approximate surface area is 153 Å². The van der Waals surface area contributed by atoms with Gasteiger partial charge in [0, 0.05) is 11.8 Å². The van der Waals surface area contributed by atoms with Crippen LogP contribution in [-0.4, -0.2) is 68.5 Å². The van der Waals surface area contributed by atoms with Crippen molar-refractivity contribution >= 4 is 10.1 Å². The molecule has 1 fully saturated rings. The molecule has 0 radical (unpaired) electrons. The van der Waals surface area contributed by atoms with Gasteiger partial charge in [-0.25, -0.2) is 0 Å². The van der Waals surface area contributed by atoms with Gasteiger partial charge in [0.05, 0.1) is 17.5 Å². The second-order valence-electron chi connectivity index (χ2n) is 6.05. The molecule has 2 aromatic rings. The molecule has 148 valence electrons. The first-order valence-electron chi connectivity index (χ1n) is 7.81. The van der Waals surface area contributed by atoms with Gasteiger partial charge < -0.3 is 29.3 Å². The standard InChI is InChI=1S/C15H18N2O9S/c1-6-10(7(2)26-17-6)8-3-4-16-5-9(8)24-14-12(19)11(18)13(20)15(25-14)27(21,22)23/h3-5,11-15,18-20H,1-2H3,(H,21,22,23)/t11-,12-,13+,14-,15?/m1/s1. The summed E-state index contributed by atoms with van der Waals surface area (Å²) >= 11 is 0. The number of hydrogen-bond acceptors (Lipinski definition) is 10. The number of pyridine rings is 1. The van der Waals surface area contributed by atoms with E-state index >= 15 is 0 Å². The molecule has 0 aromatic carbocycles. The van der Waals surface area contributed by atoms with Crippen LogP contribution in [-0.2, 0) is 14.9 Å². The molecule has 1 unspecified atom stereocenters. The Balaban J connectivity index is 1.96. The minimum atomic E-state index is -4.89. The van der Waals surface area contributed by atoms with Gasteiger partial charge in [0.1, 0.15) is 29.8 Å². The van der Waals surface area contributed by atoms with Crippen molar-refractivity contribution in [2.75, 3.05) is 0 Å². The minimum Gasteiger partial charge on any atom is -0.460 e. The number of aromatic nitrogens is 2. The van der Waals surface area contributed by atoms with Crippen LogP contribution in [0, 0.1) is 13.8 Å². The number of rotatable bonds is 4. The van der Waals surface area contributed by atoms with Crippen molar-refractivity contribution in [2.45, 2.75) is 43.9 Å². The van der Waals surface area contributed by atoms with E-state index in [2.05, 4.69) is 10.1 Å². The second kappa shape index (κ2) is 7.14. The van der Waals surface area contributed by atoms with Crippen LogP contribution in [0.3, 0.4) is 0 Å². The first-order valence-corrected chi connectivity index (χ1v) is 9.31. The maximum atomic E-state index is 11.4. The fraction of sp³-hybridized carbons (Fsp3) is 0.467. The zero-order valence-electron chi connectivity index (χ0n) is 14.3. The topological polar surface area (TPSA) is 172 Å². The zero-order valence-corrected chi connectivity index (χ0v) is 15.1. The Kier molecular flexibility index (Phi) is 5.20. The number of hydrogen-bond donors (Lipinski definition) is 4. The highest BCUT2D eigenvalue weighted by Crippen LogP contribution is 2.36. The Morgan fingerprint density at radius 1 is 1.15 bits per heavy atom. The monoisotopic (exact) mass is 402 g/mol. The number of aryl methyl sites for hydroxylation is 2. The third kappa shape index (κ3) is 3.67. The highest BCUT2D eigenvalue weighted by molar-refractivity contribution is 7.86. The van der Waals surface area contributed by atoms with Gasteiger partial charge in [0.15, 0.2) is 0 Å². The van der Waals surface area contributed by atoms with Crippen LogP contribution < -0.4 is 4.74 Å². The molecule has 0 amide bonds. The molecule has 0 aliphatic carbocycles. The summed E-state index contributed by atoms with van der Waals surface area (Å²) in [6, 6.07) is 1.59. The lowest BCUT2D eigenvalue weighted by Crippen LogP contribution is -2.61. The van der Waals surface area contributed by atoms with Gasteiger partial charge in [-0.3, -0.25) is 9.54 Å². The molecule has 0 saturated carbocycles. The lowest BCUT2D eigenvalue weighted by molar-refractivity contribution is -0.254. The molecular formula is C15H18N2O9S. The van der Waals surface area contributed by atoms with Crippen molar-refractivity contribution in [2.24, 2.45) is 0 Å². The summed E-state index contributed by atoms with van der Waals surface area (Å²) in [6.07, 6.45) is -4.74. The fourth-order valence-corrected chi connectivity index (χ4v) is 3.60. The molecule has 0 spiro atoms. The van der Waals surface area contributed by atoms with Crippen LogP contribution >= 0.6 is 0 Å². The van der Waals surface area contributed by atoms with E-state index in [0.717, 1.165) is 0 Å². The molecule has 27 heavy (non-hydrogen) atoms. The first-order chi connectivity index (χ1) is 12.6. The Bertz CT molecular complexity index is 910. The minimum absolute atomic E-state index is 0.0774. The van der Waals surface area contributed by atoms with Crippen LogP contribution in [0.25, 0.3) is 11.1 Å². The van der Waals surface area contributed by atoms with Gasteiger partial charge in [0.2, 0.25) is 11.7 Å². The number of aliphatic hydroxyl groups excluding tert-OH is 3. The molecule has 5 atom stereocenters. The maximum absolute atomic E-state index is 11.4. The third-order valence-electron chi connectivity index (χ3n) is 4.15. The SMILES string of the molecule is Cc1noc(C)c1-c1ccncc1O[C@@H]1OC(S(=O)(=O)O)[C@@H](O)[C@H](O)[C@H]1O. The maximum Gasteiger partial charge on any atom is 0.295 e. The van der Waals surface area contributed by atoms with E-state index in [4.69, 9.17) is 14.0 Å². The number of nitrogens with zero attached hydrogens (tertiary/aromatic N) is 2. The number of aliphatic hydroxyl groups is 3. The van der Waals surface area contributed by atoms with Crippen LogP contribution in [0.2, 0.25) is 0 Å². The molecule has 1 saturated heterocycles. The predicted octanol–water partition coefficient (Wildman–Crippen LogP) is -0.615. The van der Waals surface area contributed by atoms with E-state index in [-0.39, 0.29) is 5.75 Å². The van der Waals surface area contributed by atoms with Gasteiger partial charge >= 0.3 is 0 Å². The van der Waals surface area contributed by atoms with Gasteiger partial charge in [-0.05, 0) is 19.9 Å². The molecule has 12 heteroatoms. The first kappa shape index (κ1) is 19.7. The summed E-state index contributed by atoms with van der Waals surface area (Å²) in [5, 5.41) is 33.6. The van der Waals surface area contributed by atoms with E-state index in [0.29, 0.717) is 22.6 Å². The molecule has 11 nitrogen and oxygen atoms in total. The van der Waals surface area contributed by atoms with Crippen molar-refractivity contribution in [1.29, 1.82) is 0 Å². The molecular weight excluding hydrogens is 384 g/mol. The van der Waals surface area contributed by atoms with Crippen molar-refractivity contribution in [1.82, 2.24) is 10.1 Å². The lowest BCUT2D eigenvalue weighted by Gasteiger charge is -2.38. The van der Waals surface area contributed by atoms with Gasteiger partial charge in [-0.15, -0.1) is 0 Å². The normalized spacial score (nSPS) is 28.9. The van der Waals surface area contributed by atoms with Crippen molar-refractivity contribution in [3.8, 4) is 16.9 Å². The fourth-order valence-electron chi connectivity index (χ4n) is 2.83.